The Morgan fingerprint density at radius 2 is 1.61 bits per heavy atom. The summed E-state index contributed by atoms with van der Waals surface area (Å²) < 4.78 is 5.55. The van der Waals surface area contributed by atoms with Crippen LogP contribution in [-0.4, -0.2) is 42.3 Å². The van der Waals surface area contributed by atoms with Gasteiger partial charge in [0.25, 0.3) is 0 Å². The lowest BCUT2D eigenvalue weighted by Gasteiger charge is -2.22. The molecule has 2 amide bonds. The normalized spacial score (nSPS) is 13.5. The van der Waals surface area contributed by atoms with Crippen LogP contribution < -0.4 is 10.6 Å². The summed E-state index contributed by atoms with van der Waals surface area (Å²) in [7, 11) is 0. The first-order valence-corrected chi connectivity index (χ1v) is 11.4. The second-order valence-electron chi connectivity index (χ2n) is 9.04. The van der Waals surface area contributed by atoms with Gasteiger partial charge in [-0.15, -0.1) is 0 Å². The highest BCUT2D eigenvalue weighted by molar-refractivity contribution is 5.85. The number of carbonyl (C=O) groups excluding carboxylic acids is 2. The third kappa shape index (κ3) is 5.72. The summed E-state index contributed by atoms with van der Waals surface area (Å²) in [6.45, 7) is 5.53. The first-order chi connectivity index (χ1) is 15.7. The third-order valence-electron chi connectivity index (χ3n) is 6.16. The number of alkyl carbamates (subject to hydrolysis) is 1. The molecular formula is C26H32N2O5. The lowest BCUT2D eigenvalue weighted by atomic mass is 9.89. The minimum atomic E-state index is -0.937. The van der Waals surface area contributed by atoms with Gasteiger partial charge in [-0.3, -0.25) is 9.59 Å². The Morgan fingerprint density at radius 1 is 1.03 bits per heavy atom. The van der Waals surface area contributed by atoms with Crippen molar-refractivity contribution in [3.05, 3.63) is 59.7 Å². The molecule has 0 bridgehead atoms. The quantitative estimate of drug-likeness (QED) is 0.498. The van der Waals surface area contributed by atoms with Crippen LogP contribution in [0.2, 0.25) is 0 Å². The molecule has 0 fully saturated rings. The highest BCUT2D eigenvalue weighted by Gasteiger charge is 2.30. The van der Waals surface area contributed by atoms with Gasteiger partial charge in [-0.05, 0) is 48.9 Å². The monoisotopic (exact) mass is 452 g/mol. The second kappa shape index (κ2) is 10.5. The fourth-order valence-corrected chi connectivity index (χ4v) is 4.07. The minimum Gasteiger partial charge on any atom is -0.481 e. The molecule has 0 radical (unpaired) electrons. The van der Waals surface area contributed by atoms with E-state index >= 15 is 0 Å². The molecule has 33 heavy (non-hydrogen) atoms. The van der Waals surface area contributed by atoms with Gasteiger partial charge in [0.2, 0.25) is 5.91 Å². The van der Waals surface area contributed by atoms with Crippen molar-refractivity contribution in [3.63, 3.8) is 0 Å². The van der Waals surface area contributed by atoms with Crippen LogP contribution in [0.1, 0.15) is 57.1 Å². The van der Waals surface area contributed by atoms with Gasteiger partial charge in [0.1, 0.15) is 12.6 Å². The van der Waals surface area contributed by atoms with Crippen LogP contribution in [0.15, 0.2) is 48.5 Å². The maximum absolute atomic E-state index is 12.6. The van der Waals surface area contributed by atoms with Crippen molar-refractivity contribution < 1.29 is 24.2 Å². The molecule has 0 aliphatic heterocycles. The number of ether oxygens (including phenoxy) is 1. The maximum atomic E-state index is 12.6. The van der Waals surface area contributed by atoms with E-state index in [4.69, 9.17) is 4.74 Å². The van der Waals surface area contributed by atoms with Crippen molar-refractivity contribution >= 4 is 18.0 Å². The number of amides is 2. The van der Waals surface area contributed by atoms with Gasteiger partial charge in [0, 0.05) is 12.5 Å². The van der Waals surface area contributed by atoms with Crippen molar-refractivity contribution in [2.75, 3.05) is 13.2 Å². The number of carboxylic acids is 1. The Labute approximate surface area is 194 Å². The van der Waals surface area contributed by atoms with Crippen molar-refractivity contribution in [2.45, 2.75) is 52.0 Å². The van der Waals surface area contributed by atoms with Crippen LogP contribution >= 0.6 is 0 Å². The van der Waals surface area contributed by atoms with Crippen molar-refractivity contribution in [3.8, 4) is 11.1 Å². The Morgan fingerprint density at radius 3 is 2.15 bits per heavy atom. The lowest BCUT2D eigenvalue weighted by Crippen LogP contribution is -2.47. The first-order valence-electron chi connectivity index (χ1n) is 11.4. The molecule has 1 atom stereocenters. The van der Waals surface area contributed by atoms with E-state index in [0.717, 1.165) is 22.3 Å². The van der Waals surface area contributed by atoms with Crippen molar-refractivity contribution in [1.29, 1.82) is 0 Å². The summed E-state index contributed by atoms with van der Waals surface area (Å²) in [5.74, 6) is -1.31. The molecule has 7 heteroatoms. The molecule has 7 nitrogen and oxygen atoms in total. The summed E-state index contributed by atoms with van der Waals surface area (Å²) in [5, 5.41) is 14.6. The molecule has 0 saturated carbocycles. The van der Waals surface area contributed by atoms with E-state index in [1.165, 1.54) is 0 Å². The average Bonchev–Trinajstić information content (AvgIpc) is 3.11. The number of nitrogens with one attached hydrogen (secondary N) is 2. The predicted octanol–water partition coefficient (Wildman–Crippen LogP) is 4.31. The zero-order valence-electron chi connectivity index (χ0n) is 19.4. The fourth-order valence-electron chi connectivity index (χ4n) is 4.07. The molecule has 0 heterocycles. The summed E-state index contributed by atoms with van der Waals surface area (Å²) in [6, 6.07) is 15.5. The van der Waals surface area contributed by atoms with Crippen LogP contribution in [0, 0.1) is 5.41 Å². The molecule has 3 N–H and O–H groups in total. The number of carboxylic acid groups (broad SMARTS) is 1. The van der Waals surface area contributed by atoms with Gasteiger partial charge < -0.3 is 20.5 Å². The lowest BCUT2D eigenvalue weighted by molar-refractivity contribution is -0.147. The molecular weight excluding hydrogens is 420 g/mol. The van der Waals surface area contributed by atoms with Crippen molar-refractivity contribution in [2.24, 2.45) is 5.41 Å². The van der Waals surface area contributed by atoms with E-state index in [-0.39, 0.29) is 31.4 Å². The number of hydrogen-bond donors (Lipinski definition) is 3. The number of fused-ring (bicyclic) bond motifs is 3. The van der Waals surface area contributed by atoms with Gasteiger partial charge in [0.05, 0.1) is 5.41 Å². The highest BCUT2D eigenvalue weighted by atomic mass is 16.5. The predicted molar refractivity (Wildman–Crippen MR) is 126 cm³/mol. The van der Waals surface area contributed by atoms with Gasteiger partial charge >= 0.3 is 12.1 Å². The van der Waals surface area contributed by atoms with Gasteiger partial charge in [-0.1, -0.05) is 61.9 Å². The van der Waals surface area contributed by atoms with E-state index in [9.17, 15) is 19.5 Å². The number of aliphatic carboxylic acids is 1. The van der Waals surface area contributed by atoms with E-state index in [1.807, 2.05) is 43.3 Å². The van der Waals surface area contributed by atoms with Crippen LogP contribution in [0.3, 0.4) is 0 Å². The standard InChI is InChI=1S/C26H32N2O5/c1-4-9-22(23(29)27-15-14-26(2,3)24(30)31)28-25(32)33-16-21-19-12-7-5-10-17(19)18-11-6-8-13-20(18)21/h5-8,10-13,21-22H,4,9,14-16H2,1-3H3,(H,27,29)(H,28,32)(H,30,31)/t22-/m1/s1. The summed E-state index contributed by atoms with van der Waals surface area (Å²) >= 11 is 0. The smallest absolute Gasteiger partial charge is 0.407 e. The number of rotatable bonds is 10. The molecule has 1 aliphatic rings. The molecule has 1 aliphatic carbocycles. The Hall–Kier alpha value is -3.35. The number of benzene rings is 2. The Bertz CT molecular complexity index is 972. The fraction of sp³-hybridized carbons (Fsp3) is 0.423. The van der Waals surface area contributed by atoms with Crippen LogP contribution in [0.5, 0.6) is 0 Å². The zero-order valence-corrected chi connectivity index (χ0v) is 19.4. The summed E-state index contributed by atoms with van der Waals surface area (Å²) in [6.07, 6.45) is 0.801. The van der Waals surface area contributed by atoms with Crippen LogP contribution in [0.4, 0.5) is 4.79 Å². The Balaban J connectivity index is 1.57. The van der Waals surface area contributed by atoms with Gasteiger partial charge in [-0.25, -0.2) is 4.79 Å². The molecule has 2 aromatic carbocycles. The van der Waals surface area contributed by atoms with Gasteiger partial charge in [0.15, 0.2) is 0 Å². The van der Waals surface area contributed by atoms with Crippen LogP contribution in [-0.2, 0) is 14.3 Å². The van der Waals surface area contributed by atoms with Crippen LogP contribution in [0.25, 0.3) is 11.1 Å². The second-order valence-corrected chi connectivity index (χ2v) is 9.04. The molecule has 0 spiro atoms. The SMILES string of the molecule is CCC[C@@H](NC(=O)OCC1c2ccccc2-c2ccccc21)C(=O)NCCC(C)(C)C(=O)O. The molecule has 0 aromatic heterocycles. The number of carbonyl (C=O) groups is 3. The van der Waals surface area contributed by atoms with E-state index in [2.05, 4.69) is 22.8 Å². The maximum Gasteiger partial charge on any atom is 0.407 e. The van der Waals surface area contributed by atoms with E-state index in [0.29, 0.717) is 12.8 Å². The summed E-state index contributed by atoms with van der Waals surface area (Å²) in [4.78, 5) is 36.4. The third-order valence-corrected chi connectivity index (χ3v) is 6.16. The summed E-state index contributed by atoms with van der Waals surface area (Å²) in [5.41, 5.74) is 3.60. The Kier molecular flexibility index (Phi) is 7.74. The topological polar surface area (TPSA) is 105 Å². The average molecular weight is 453 g/mol. The van der Waals surface area contributed by atoms with E-state index in [1.54, 1.807) is 13.8 Å². The minimum absolute atomic E-state index is 0.0557. The molecule has 0 saturated heterocycles. The molecule has 2 aromatic rings. The van der Waals surface area contributed by atoms with E-state index < -0.39 is 23.5 Å². The molecule has 176 valence electrons. The van der Waals surface area contributed by atoms with Gasteiger partial charge in [-0.2, -0.15) is 0 Å². The highest BCUT2D eigenvalue weighted by Crippen LogP contribution is 2.44. The molecule has 3 rings (SSSR count). The molecule has 0 unspecified atom stereocenters. The largest absolute Gasteiger partial charge is 0.481 e. The van der Waals surface area contributed by atoms with Crippen molar-refractivity contribution in [1.82, 2.24) is 10.6 Å². The number of hydrogen-bond acceptors (Lipinski definition) is 4. The zero-order chi connectivity index (χ0) is 24.0. The first kappa shape index (κ1) is 24.3.